The van der Waals surface area contributed by atoms with Gasteiger partial charge in [0.1, 0.15) is 0 Å². The van der Waals surface area contributed by atoms with E-state index < -0.39 is 3.79 Å². The number of nitrogens with zero attached hydrogens (tertiary/aromatic N) is 2. The van der Waals surface area contributed by atoms with Gasteiger partial charge in [0.05, 0.1) is 5.69 Å². The fraction of sp³-hybridized carbons (Fsp3) is 0.143. The molecule has 0 aliphatic rings. The van der Waals surface area contributed by atoms with Gasteiger partial charge in [-0.2, -0.15) is 10.2 Å². The number of aromatic nitrogens is 2. The number of halogens is 3. The first-order valence-corrected chi connectivity index (χ1v) is 4.25. The zero-order valence-corrected chi connectivity index (χ0v) is 8.18. The van der Waals surface area contributed by atoms with Crippen LogP contribution < -0.4 is 0 Å². The highest BCUT2D eigenvalue weighted by atomic mass is 35.6. The van der Waals surface area contributed by atoms with Gasteiger partial charge in [0.25, 0.3) is 0 Å². The minimum Gasteiger partial charge on any atom is -0.159 e. The maximum atomic E-state index is 5.48. The van der Waals surface area contributed by atoms with Crippen LogP contribution in [0.15, 0.2) is 24.4 Å². The number of hydrogen-bond donors (Lipinski definition) is 0. The summed E-state index contributed by atoms with van der Waals surface area (Å²) in [4.78, 5) is 0. The average Bonchev–Trinajstić information content (AvgIpc) is 2.02. The fourth-order valence-electron chi connectivity index (χ4n) is 0.582. The molecule has 1 heterocycles. The third-order valence-electron chi connectivity index (χ3n) is 1.04. The molecule has 0 aromatic carbocycles. The van der Waals surface area contributed by atoms with Crippen LogP contribution in [0.3, 0.4) is 0 Å². The van der Waals surface area contributed by atoms with E-state index in [1.807, 2.05) is 0 Å². The van der Waals surface area contributed by atoms with Gasteiger partial charge in [-0.05, 0) is 24.3 Å². The maximum Gasteiger partial charge on any atom is 0.209 e. The lowest BCUT2D eigenvalue weighted by molar-refractivity contribution is 1.02. The van der Waals surface area contributed by atoms with Gasteiger partial charge in [-0.15, -0.1) is 0 Å². The third kappa shape index (κ3) is 3.90. The molecule has 1 aromatic heterocycles. The molecule has 0 fully saturated rings. The normalized spacial score (nSPS) is 12.2. The van der Waals surface area contributed by atoms with Gasteiger partial charge in [0, 0.05) is 6.20 Å². The molecule has 0 amide bonds. The SMILES string of the molecule is ClC(Cl)(Cl)/C=C/c1cccnn1. The molecule has 0 saturated carbocycles. The van der Waals surface area contributed by atoms with Crippen LogP contribution in [0.4, 0.5) is 0 Å². The second kappa shape index (κ2) is 4.08. The van der Waals surface area contributed by atoms with Crippen LogP contribution in [-0.4, -0.2) is 14.0 Å². The molecule has 0 aliphatic heterocycles. The number of hydrogen-bond acceptors (Lipinski definition) is 2. The lowest BCUT2D eigenvalue weighted by Crippen LogP contribution is -1.94. The van der Waals surface area contributed by atoms with Crippen molar-refractivity contribution in [3.8, 4) is 0 Å². The van der Waals surface area contributed by atoms with Crippen molar-refractivity contribution in [3.63, 3.8) is 0 Å². The second-order valence-corrected chi connectivity index (χ2v) is 4.39. The van der Waals surface area contributed by atoms with Crippen LogP contribution in [0.25, 0.3) is 6.08 Å². The lowest BCUT2D eigenvalue weighted by Gasteiger charge is -2.01. The quantitative estimate of drug-likeness (QED) is 0.684. The molecule has 1 rings (SSSR count). The van der Waals surface area contributed by atoms with Crippen molar-refractivity contribution in [1.29, 1.82) is 0 Å². The summed E-state index contributed by atoms with van der Waals surface area (Å²) in [5, 5.41) is 7.42. The molecule has 0 spiro atoms. The lowest BCUT2D eigenvalue weighted by atomic mass is 10.3. The van der Waals surface area contributed by atoms with Crippen molar-refractivity contribution >= 4 is 40.9 Å². The van der Waals surface area contributed by atoms with E-state index in [0.29, 0.717) is 5.69 Å². The van der Waals surface area contributed by atoms with Crippen LogP contribution >= 0.6 is 34.8 Å². The van der Waals surface area contributed by atoms with Crippen molar-refractivity contribution in [3.05, 3.63) is 30.1 Å². The van der Waals surface area contributed by atoms with Gasteiger partial charge < -0.3 is 0 Å². The summed E-state index contributed by atoms with van der Waals surface area (Å²) < 4.78 is -1.38. The number of allylic oxidation sites excluding steroid dienone is 1. The van der Waals surface area contributed by atoms with E-state index in [4.69, 9.17) is 34.8 Å². The average molecular weight is 223 g/mol. The number of alkyl halides is 3. The minimum absolute atomic E-state index is 0.656. The predicted octanol–water partition coefficient (Wildman–Crippen LogP) is 2.86. The molecule has 0 unspecified atom stereocenters. The molecule has 0 bridgehead atoms. The van der Waals surface area contributed by atoms with Gasteiger partial charge in [0.2, 0.25) is 3.79 Å². The van der Waals surface area contributed by atoms with Gasteiger partial charge in [-0.25, -0.2) is 0 Å². The Morgan fingerprint density at radius 2 is 2.08 bits per heavy atom. The summed E-state index contributed by atoms with van der Waals surface area (Å²) in [5.74, 6) is 0. The first kappa shape index (κ1) is 9.78. The van der Waals surface area contributed by atoms with Crippen molar-refractivity contribution in [2.24, 2.45) is 0 Å². The molecule has 0 aliphatic carbocycles. The first-order valence-electron chi connectivity index (χ1n) is 3.11. The molecule has 5 heteroatoms. The zero-order valence-electron chi connectivity index (χ0n) is 5.92. The Kier molecular flexibility index (Phi) is 3.32. The molecule has 12 heavy (non-hydrogen) atoms. The Morgan fingerprint density at radius 3 is 2.58 bits per heavy atom. The first-order chi connectivity index (χ1) is 5.58. The van der Waals surface area contributed by atoms with E-state index in [1.54, 1.807) is 24.4 Å². The van der Waals surface area contributed by atoms with Crippen LogP contribution in [0.2, 0.25) is 0 Å². The highest BCUT2D eigenvalue weighted by Gasteiger charge is 2.13. The largest absolute Gasteiger partial charge is 0.209 e. The molecule has 0 radical (unpaired) electrons. The van der Waals surface area contributed by atoms with E-state index in [0.717, 1.165) is 0 Å². The third-order valence-corrected chi connectivity index (χ3v) is 1.41. The van der Waals surface area contributed by atoms with Crippen molar-refractivity contribution in [1.82, 2.24) is 10.2 Å². The number of rotatable bonds is 1. The zero-order chi connectivity index (χ0) is 9.03. The van der Waals surface area contributed by atoms with Crippen LogP contribution in [0.1, 0.15) is 5.69 Å². The topological polar surface area (TPSA) is 25.8 Å². The fourth-order valence-corrected chi connectivity index (χ4v) is 0.771. The molecule has 2 nitrogen and oxygen atoms in total. The molecule has 64 valence electrons. The summed E-state index contributed by atoms with van der Waals surface area (Å²) >= 11 is 16.4. The van der Waals surface area contributed by atoms with E-state index in [-0.39, 0.29) is 0 Å². The Bertz CT molecular complexity index is 266. The molecular weight excluding hydrogens is 218 g/mol. The standard InChI is InChI=1S/C7H5Cl3N2/c8-7(9,10)4-3-6-2-1-5-11-12-6/h1-5H/b4-3+. The van der Waals surface area contributed by atoms with E-state index >= 15 is 0 Å². The van der Waals surface area contributed by atoms with E-state index in [1.165, 1.54) is 6.08 Å². The Labute approximate surface area is 85.2 Å². The van der Waals surface area contributed by atoms with Gasteiger partial charge in [0.15, 0.2) is 0 Å². The van der Waals surface area contributed by atoms with Gasteiger partial charge in [-0.3, -0.25) is 0 Å². The molecular formula is C7H5Cl3N2. The smallest absolute Gasteiger partial charge is 0.159 e. The molecule has 0 saturated heterocycles. The van der Waals surface area contributed by atoms with Crippen LogP contribution in [0, 0.1) is 0 Å². The summed E-state index contributed by atoms with van der Waals surface area (Å²) in [6.07, 6.45) is 4.59. The second-order valence-electron chi connectivity index (χ2n) is 2.02. The summed E-state index contributed by atoms with van der Waals surface area (Å²) in [5.41, 5.74) is 0.656. The monoisotopic (exact) mass is 222 g/mol. The highest BCUT2D eigenvalue weighted by Crippen LogP contribution is 2.27. The van der Waals surface area contributed by atoms with Crippen molar-refractivity contribution in [2.45, 2.75) is 3.79 Å². The van der Waals surface area contributed by atoms with Crippen LogP contribution in [0.5, 0.6) is 0 Å². The molecule has 1 aromatic rings. The summed E-state index contributed by atoms with van der Waals surface area (Å²) in [6.45, 7) is 0. The Morgan fingerprint density at radius 1 is 1.33 bits per heavy atom. The van der Waals surface area contributed by atoms with E-state index in [2.05, 4.69) is 10.2 Å². The Balaban J connectivity index is 2.71. The van der Waals surface area contributed by atoms with Crippen molar-refractivity contribution in [2.75, 3.05) is 0 Å². The van der Waals surface area contributed by atoms with Gasteiger partial charge >= 0.3 is 0 Å². The van der Waals surface area contributed by atoms with Crippen molar-refractivity contribution < 1.29 is 0 Å². The minimum atomic E-state index is -1.38. The molecule has 0 atom stereocenters. The summed E-state index contributed by atoms with van der Waals surface area (Å²) in [6, 6.07) is 3.52. The highest BCUT2D eigenvalue weighted by molar-refractivity contribution is 6.69. The van der Waals surface area contributed by atoms with Gasteiger partial charge in [-0.1, -0.05) is 34.8 Å². The Hall–Kier alpha value is -0.310. The molecule has 0 N–H and O–H groups in total. The summed E-state index contributed by atoms with van der Waals surface area (Å²) in [7, 11) is 0. The maximum absolute atomic E-state index is 5.48. The predicted molar refractivity (Wildman–Crippen MR) is 51.4 cm³/mol. The van der Waals surface area contributed by atoms with Crippen LogP contribution in [-0.2, 0) is 0 Å². The van der Waals surface area contributed by atoms with E-state index in [9.17, 15) is 0 Å².